The molecule has 13 nitrogen and oxygen atoms in total. The van der Waals surface area contributed by atoms with Crippen LogP contribution in [0.5, 0.6) is 0 Å². The van der Waals surface area contributed by atoms with Crippen molar-refractivity contribution in [3.05, 3.63) is 0 Å². The Morgan fingerprint density at radius 1 is 1.13 bits per heavy atom. The normalized spacial score (nSPS) is 21.2. The first-order valence-electron chi connectivity index (χ1n) is 9.60. The van der Waals surface area contributed by atoms with Crippen LogP contribution in [-0.4, -0.2) is 77.8 Å². The lowest BCUT2D eigenvalue weighted by atomic mass is 10.2. The van der Waals surface area contributed by atoms with Crippen LogP contribution in [-0.2, 0) is 43.0 Å². The van der Waals surface area contributed by atoms with Gasteiger partial charge in [0.05, 0.1) is 6.61 Å². The molecule has 2 aliphatic heterocycles. The van der Waals surface area contributed by atoms with E-state index < -0.39 is 66.1 Å². The Bertz CT molecular complexity index is 759. The van der Waals surface area contributed by atoms with Gasteiger partial charge in [0.25, 0.3) is 17.7 Å². The Labute approximate surface area is 177 Å². The SMILES string of the molecule is CCOC(=O)C1OC1C(=O)NC[C@H](NC(=O)OC(C)(C)C)C(=O)ON1C(=O)CCC1=O. The summed E-state index contributed by atoms with van der Waals surface area (Å²) >= 11 is 0. The van der Waals surface area contributed by atoms with Gasteiger partial charge in [0.15, 0.2) is 12.2 Å². The standard InChI is InChI=1S/C18H25N3O10/c1-5-28-16(26)13-12(29-13)14(24)19-8-9(20-17(27)30-18(2,3)4)15(25)31-21-10(22)6-7-11(21)23/h9,12-13H,5-8H2,1-4H3,(H,19,24)(H,20,27)/t9-,12?,13?/m0/s1. The van der Waals surface area contributed by atoms with Crippen molar-refractivity contribution in [2.45, 2.75) is 64.4 Å². The van der Waals surface area contributed by atoms with E-state index in [4.69, 9.17) is 19.0 Å². The average molecular weight is 443 g/mol. The second-order valence-electron chi connectivity index (χ2n) is 7.67. The number of epoxide rings is 1. The highest BCUT2D eigenvalue weighted by atomic mass is 16.7. The maximum absolute atomic E-state index is 12.5. The number of carbonyl (C=O) groups excluding carboxylic acids is 6. The number of alkyl carbamates (subject to hydrolysis) is 1. The van der Waals surface area contributed by atoms with Crippen molar-refractivity contribution in [1.82, 2.24) is 15.7 Å². The summed E-state index contributed by atoms with van der Waals surface area (Å²) in [6, 6.07) is -1.50. The molecule has 2 aliphatic rings. The highest BCUT2D eigenvalue weighted by Crippen LogP contribution is 2.23. The second kappa shape index (κ2) is 9.73. The molecular weight excluding hydrogens is 418 g/mol. The van der Waals surface area contributed by atoms with Crippen molar-refractivity contribution in [3.63, 3.8) is 0 Å². The number of nitrogens with one attached hydrogen (secondary N) is 2. The lowest BCUT2D eigenvalue weighted by Gasteiger charge is -2.23. The van der Waals surface area contributed by atoms with E-state index in [-0.39, 0.29) is 19.4 Å². The summed E-state index contributed by atoms with van der Waals surface area (Å²) in [5, 5.41) is 4.86. The first-order valence-corrected chi connectivity index (χ1v) is 9.60. The highest BCUT2D eigenvalue weighted by Gasteiger charge is 2.51. The summed E-state index contributed by atoms with van der Waals surface area (Å²) in [5.74, 6) is -4.01. The van der Waals surface area contributed by atoms with E-state index in [0.717, 1.165) is 0 Å². The molecule has 0 spiro atoms. The number of amides is 4. The van der Waals surface area contributed by atoms with Gasteiger partial charge in [0.2, 0.25) is 0 Å². The van der Waals surface area contributed by atoms with Crippen molar-refractivity contribution >= 4 is 35.8 Å². The van der Waals surface area contributed by atoms with Gasteiger partial charge in [0.1, 0.15) is 11.6 Å². The van der Waals surface area contributed by atoms with Crippen molar-refractivity contribution < 1.29 is 47.8 Å². The maximum atomic E-state index is 12.5. The van der Waals surface area contributed by atoms with Gasteiger partial charge in [0, 0.05) is 19.4 Å². The number of hydrogen-bond acceptors (Lipinski definition) is 10. The zero-order valence-corrected chi connectivity index (χ0v) is 17.6. The Morgan fingerprint density at radius 3 is 2.29 bits per heavy atom. The molecule has 4 amide bonds. The maximum Gasteiger partial charge on any atom is 0.408 e. The zero-order valence-electron chi connectivity index (χ0n) is 17.6. The number of imide groups is 1. The number of ether oxygens (including phenoxy) is 3. The predicted molar refractivity (Wildman–Crippen MR) is 98.6 cm³/mol. The fourth-order valence-corrected chi connectivity index (χ4v) is 2.47. The van der Waals surface area contributed by atoms with Crippen LogP contribution in [0.1, 0.15) is 40.5 Å². The lowest BCUT2D eigenvalue weighted by Crippen LogP contribution is -2.52. The average Bonchev–Trinajstić information content (AvgIpc) is 3.40. The quantitative estimate of drug-likeness (QED) is 0.267. The molecule has 2 unspecified atom stereocenters. The molecule has 0 aliphatic carbocycles. The third-order valence-corrected chi connectivity index (χ3v) is 3.91. The minimum absolute atomic E-state index is 0.110. The fraction of sp³-hybridized carbons (Fsp3) is 0.667. The van der Waals surface area contributed by atoms with Gasteiger partial charge in [-0.25, -0.2) is 14.4 Å². The number of hydroxylamine groups is 2. The van der Waals surface area contributed by atoms with E-state index >= 15 is 0 Å². The van der Waals surface area contributed by atoms with Crippen LogP contribution in [0.4, 0.5) is 4.79 Å². The van der Waals surface area contributed by atoms with Gasteiger partial charge in [-0.05, 0) is 27.7 Å². The zero-order chi connectivity index (χ0) is 23.3. The number of hydrogen-bond donors (Lipinski definition) is 2. The topological polar surface area (TPSA) is 170 Å². The molecule has 31 heavy (non-hydrogen) atoms. The second-order valence-corrected chi connectivity index (χ2v) is 7.67. The minimum Gasteiger partial charge on any atom is -0.464 e. The van der Waals surface area contributed by atoms with Crippen LogP contribution < -0.4 is 10.6 Å². The van der Waals surface area contributed by atoms with Gasteiger partial charge in [-0.15, -0.1) is 5.06 Å². The monoisotopic (exact) mass is 443 g/mol. The van der Waals surface area contributed by atoms with E-state index in [1.54, 1.807) is 27.7 Å². The molecule has 0 aromatic heterocycles. The van der Waals surface area contributed by atoms with Crippen molar-refractivity contribution in [3.8, 4) is 0 Å². The highest BCUT2D eigenvalue weighted by molar-refractivity contribution is 6.02. The number of esters is 1. The molecule has 13 heteroatoms. The summed E-state index contributed by atoms with van der Waals surface area (Å²) < 4.78 is 14.8. The molecule has 0 bridgehead atoms. The molecule has 172 valence electrons. The number of rotatable bonds is 8. The molecule has 0 aromatic carbocycles. The summed E-state index contributed by atoms with van der Waals surface area (Å²) in [7, 11) is 0. The Kier molecular flexibility index (Phi) is 7.55. The van der Waals surface area contributed by atoms with Crippen LogP contribution in [0.15, 0.2) is 0 Å². The van der Waals surface area contributed by atoms with Crippen molar-refractivity contribution in [2.75, 3.05) is 13.2 Å². The van der Waals surface area contributed by atoms with E-state index in [2.05, 4.69) is 10.6 Å². The molecule has 0 aromatic rings. The van der Waals surface area contributed by atoms with Crippen LogP contribution in [0, 0.1) is 0 Å². The van der Waals surface area contributed by atoms with Gasteiger partial charge in [-0.1, -0.05) is 0 Å². The van der Waals surface area contributed by atoms with E-state index in [1.165, 1.54) is 0 Å². The predicted octanol–water partition coefficient (Wildman–Crippen LogP) is -1.07. The third kappa shape index (κ3) is 6.91. The molecule has 2 N–H and O–H groups in total. The molecule has 2 heterocycles. The smallest absolute Gasteiger partial charge is 0.408 e. The Hall–Kier alpha value is -3.22. The Morgan fingerprint density at radius 2 is 1.74 bits per heavy atom. The molecule has 2 fully saturated rings. The summed E-state index contributed by atoms with van der Waals surface area (Å²) in [6.07, 6.45) is -3.36. The molecule has 3 atom stereocenters. The molecule has 0 saturated carbocycles. The summed E-state index contributed by atoms with van der Waals surface area (Å²) in [4.78, 5) is 76.3. The van der Waals surface area contributed by atoms with Crippen LogP contribution in [0.2, 0.25) is 0 Å². The molecule has 2 saturated heterocycles. The molecule has 2 rings (SSSR count). The van der Waals surface area contributed by atoms with Crippen molar-refractivity contribution in [2.24, 2.45) is 0 Å². The van der Waals surface area contributed by atoms with Crippen LogP contribution in [0.3, 0.4) is 0 Å². The first kappa shape index (κ1) is 24.1. The third-order valence-electron chi connectivity index (χ3n) is 3.91. The molecular formula is C18H25N3O10. The number of nitrogens with zero attached hydrogens (tertiary/aromatic N) is 1. The van der Waals surface area contributed by atoms with E-state index in [1.807, 2.05) is 0 Å². The van der Waals surface area contributed by atoms with Gasteiger partial charge in [-0.3, -0.25) is 14.4 Å². The molecule has 0 radical (unpaired) electrons. The van der Waals surface area contributed by atoms with E-state index in [0.29, 0.717) is 5.06 Å². The van der Waals surface area contributed by atoms with Crippen molar-refractivity contribution in [1.29, 1.82) is 0 Å². The largest absolute Gasteiger partial charge is 0.464 e. The Balaban J connectivity index is 1.98. The summed E-state index contributed by atoms with van der Waals surface area (Å²) in [6.45, 7) is 6.04. The van der Waals surface area contributed by atoms with Crippen LogP contribution >= 0.6 is 0 Å². The van der Waals surface area contributed by atoms with Gasteiger partial charge < -0.3 is 29.7 Å². The van der Waals surface area contributed by atoms with E-state index in [9.17, 15) is 28.8 Å². The lowest BCUT2D eigenvalue weighted by molar-refractivity contribution is -0.198. The first-order chi connectivity index (χ1) is 14.4. The van der Waals surface area contributed by atoms with Crippen LogP contribution in [0.25, 0.3) is 0 Å². The fourth-order valence-electron chi connectivity index (χ4n) is 2.47. The number of carbonyl (C=O) groups is 6. The minimum atomic E-state index is -1.50. The van der Waals surface area contributed by atoms with Gasteiger partial charge >= 0.3 is 18.0 Å². The van der Waals surface area contributed by atoms with Gasteiger partial charge in [-0.2, -0.15) is 0 Å². The summed E-state index contributed by atoms with van der Waals surface area (Å²) in [5.41, 5.74) is -0.878.